The van der Waals surface area contributed by atoms with Crippen LogP contribution >= 0.6 is 0 Å². The van der Waals surface area contributed by atoms with Gasteiger partial charge in [-0.2, -0.15) is 5.10 Å². The van der Waals surface area contributed by atoms with Crippen LogP contribution in [0.15, 0.2) is 65.3 Å². The summed E-state index contributed by atoms with van der Waals surface area (Å²) in [7, 11) is 0. The molecule has 2 N–H and O–H groups in total. The van der Waals surface area contributed by atoms with Crippen LogP contribution in [0.3, 0.4) is 0 Å². The lowest BCUT2D eigenvalue weighted by Gasteiger charge is -2.12. The molecule has 0 aliphatic carbocycles. The predicted octanol–water partition coefficient (Wildman–Crippen LogP) is 4.13. The summed E-state index contributed by atoms with van der Waals surface area (Å²) >= 11 is 0. The van der Waals surface area contributed by atoms with Gasteiger partial charge in [0.2, 0.25) is 0 Å². The monoisotopic (exact) mass is 377 g/mol. The standard InChI is InChI=1S/C23H27N3O2/c1-16(2)20-12-10-19(11-13-20)14-17(3)15-24-26-22(27)18(4)25-23(28)21-8-6-5-7-9-21/h5-16,18H,1-4H3,(H,25,28)(H,26,27)/b17-14+,24-15+. The van der Waals surface area contributed by atoms with E-state index in [1.54, 1.807) is 37.4 Å². The van der Waals surface area contributed by atoms with Crippen molar-refractivity contribution < 1.29 is 9.59 Å². The van der Waals surface area contributed by atoms with Crippen molar-refractivity contribution in [1.82, 2.24) is 10.7 Å². The molecule has 0 saturated carbocycles. The topological polar surface area (TPSA) is 70.6 Å². The molecule has 2 aromatic rings. The van der Waals surface area contributed by atoms with E-state index >= 15 is 0 Å². The maximum Gasteiger partial charge on any atom is 0.262 e. The zero-order valence-electron chi connectivity index (χ0n) is 16.8. The van der Waals surface area contributed by atoms with E-state index in [4.69, 9.17) is 0 Å². The molecule has 0 bridgehead atoms. The van der Waals surface area contributed by atoms with E-state index in [0.29, 0.717) is 11.5 Å². The molecule has 0 spiro atoms. The molecule has 2 amide bonds. The molecule has 146 valence electrons. The smallest absolute Gasteiger partial charge is 0.262 e. The molecule has 2 aromatic carbocycles. The number of carbonyl (C=O) groups is 2. The Kier molecular flexibility index (Phi) is 7.69. The van der Waals surface area contributed by atoms with Crippen LogP contribution in [-0.4, -0.2) is 24.1 Å². The highest BCUT2D eigenvalue weighted by Crippen LogP contribution is 2.15. The molecule has 0 aromatic heterocycles. The fourth-order valence-electron chi connectivity index (χ4n) is 2.51. The lowest BCUT2D eigenvalue weighted by Crippen LogP contribution is -2.43. The summed E-state index contributed by atoms with van der Waals surface area (Å²) in [5.41, 5.74) is 6.23. The van der Waals surface area contributed by atoms with Crippen molar-refractivity contribution >= 4 is 24.1 Å². The molecule has 1 unspecified atom stereocenters. The summed E-state index contributed by atoms with van der Waals surface area (Å²) in [6, 6.07) is 16.4. The molecule has 0 aliphatic rings. The molecule has 28 heavy (non-hydrogen) atoms. The summed E-state index contributed by atoms with van der Waals surface area (Å²) in [4.78, 5) is 24.2. The lowest BCUT2D eigenvalue weighted by molar-refractivity contribution is -0.122. The SMILES string of the molecule is CC(/C=N/NC(=O)C(C)NC(=O)c1ccccc1)=C\c1ccc(C(C)C)cc1. The minimum atomic E-state index is -0.697. The van der Waals surface area contributed by atoms with E-state index in [1.807, 2.05) is 19.1 Å². The number of hydrogen-bond acceptors (Lipinski definition) is 3. The molecule has 0 saturated heterocycles. The summed E-state index contributed by atoms with van der Waals surface area (Å²) < 4.78 is 0. The van der Waals surface area contributed by atoms with Crippen LogP contribution in [0.25, 0.3) is 6.08 Å². The van der Waals surface area contributed by atoms with E-state index < -0.39 is 6.04 Å². The highest BCUT2D eigenvalue weighted by atomic mass is 16.2. The van der Waals surface area contributed by atoms with Crippen molar-refractivity contribution in [1.29, 1.82) is 0 Å². The Morgan fingerprint density at radius 1 is 0.964 bits per heavy atom. The second kappa shape index (κ2) is 10.2. The van der Waals surface area contributed by atoms with Gasteiger partial charge in [-0.3, -0.25) is 9.59 Å². The summed E-state index contributed by atoms with van der Waals surface area (Å²) in [5, 5.41) is 6.62. The summed E-state index contributed by atoms with van der Waals surface area (Å²) in [6.07, 6.45) is 3.57. The maximum atomic E-state index is 12.1. The van der Waals surface area contributed by atoms with E-state index in [1.165, 1.54) is 5.56 Å². The first kappa shape index (κ1) is 21.1. The van der Waals surface area contributed by atoms with Gasteiger partial charge in [0.1, 0.15) is 6.04 Å². The first-order valence-corrected chi connectivity index (χ1v) is 9.34. The Morgan fingerprint density at radius 3 is 2.21 bits per heavy atom. The fraction of sp³-hybridized carbons (Fsp3) is 0.261. The molecule has 0 aliphatic heterocycles. The maximum absolute atomic E-state index is 12.1. The van der Waals surface area contributed by atoms with Crippen LogP contribution in [0.2, 0.25) is 0 Å². The number of nitrogens with one attached hydrogen (secondary N) is 2. The van der Waals surface area contributed by atoms with Crippen molar-refractivity contribution in [3.8, 4) is 0 Å². The van der Waals surface area contributed by atoms with Gasteiger partial charge in [-0.05, 0) is 48.6 Å². The van der Waals surface area contributed by atoms with Gasteiger partial charge in [0.25, 0.3) is 11.8 Å². The zero-order chi connectivity index (χ0) is 20.5. The first-order chi connectivity index (χ1) is 13.4. The number of amides is 2. The van der Waals surface area contributed by atoms with Gasteiger partial charge >= 0.3 is 0 Å². The van der Waals surface area contributed by atoms with Crippen molar-refractivity contribution in [2.45, 2.75) is 39.7 Å². The molecule has 1 atom stereocenters. The number of hydrazone groups is 1. The number of carbonyl (C=O) groups excluding carboxylic acids is 2. The van der Waals surface area contributed by atoms with Gasteiger partial charge in [0.05, 0.1) is 6.21 Å². The van der Waals surface area contributed by atoms with E-state index in [-0.39, 0.29) is 11.8 Å². The lowest BCUT2D eigenvalue weighted by atomic mass is 10.0. The first-order valence-electron chi connectivity index (χ1n) is 9.34. The largest absolute Gasteiger partial charge is 0.340 e. The van der Waals surface area contributed by atoms with Crippen molar-refractivity contribution in [3.63, 3.8) is 0 Å². The van der Waals surface area contributed by atoms with Gasteiger partial charge in [0, 0.05) is 5.56 Å². The number of benzene rings is 2. The van der Waals surface area contributed by atoms with Crippen molar-refractivity contribution in [2.24, 2.45) is 5.10 Å². The summed E-state index contributed by atoms with van der Waals surface area (Å²) in [5.74, 6) is -0.178. The predicted molar refractivity (Wildman–Crippen MR) is 114 cm³/mol. The van der Waals surface area contributed by atoms with Crippen molar-refractivity contribution in [3.05, 3.63) is 76.9 Å². The van der Waals surface area contributed by atoms with Crippen LogP contribution in [-0.2, 0) is 4.79 Å². The quantitative estimate of drug-likeness (QED) is 0.562. The number of allylic oxidation sites excluding steroid dienone is 1. The Bertz CT molecular complexity index is 853. The average molecular weight is 377 g/mol. The molecule has 0 heterocycles. The Morgan fingerprint density at radius 2 is 1.61 bits per heavy atom. The van der Waals surface area contributed by atoms with Crippen LogP contribution in [0.4, 0.5) is 0 Å². The third kappa shape index (κ3) is 6.50. The zero-order valence-corrected chi connectivity index (χ0v) is 16.8. The normalized spacial score (nSPS) is 12.8. The number of rotatable bonds is 7. The van der Waals surface area contributed by atoms with Crippen LogP contribution < -0.4 is 10.7 Å². The van der Waals surface area contributed by atoms with Gasteiger partial charge in [-0.15, -0.1) is 0 Å². The van der Waals surface area contributed by atoms with Gasteiger partial charge in [-0.1, -0.05) is 62.4 Å². The fourth-order valence-corrected chi connectivity index (χ4v) is 2.51. The third-order valence-electron chi connectivity index (χ3n) is 4.22. The second-order valence-corrected chi connectivity index (χ2v) is 7.01. The molecule has 2 rings (SSSR count). The molecular formula is C23H27N3O2. The molecule has 5 nitrogen and oxygen atoms in total. The van der Waals surface area contributed by atoms with Gasteiger partial charge < -0.3 is 5.32 Å². The van der Waals surface area contributed by atoms with Gasteiger partial charge in [0.15, 0.2) is 0 Å². The van der Waals surface area contributed by atoms with Crippen LogP contribution in [0.5, 0.6) is 0 Å². The molecule has 0 radical (unpaired) electrons. The number of hydrogen-bond donors (Lipinski definition) is 2. The Hall–Kier alpha value is -3.21. The Labute approximate surface area is 166 Å². The van der Waals surface area contributed by atoms with E-state index in [0.717, 1.165) is 11.1 Å². The second-order valence-electron chi connectivity index (χ2n) is 7.01. The van der Waals surface area contributed by atoms with Crippen LogP contribution in [0.1, 0.15) is 55.1 Å². The minimum absolute atomic E-state index is 0.298. The molecule has 0 fully saturated rings. The van der Waals surface area contributed by atoms with E-state index in [2.05, 4.69) is 54.0 Å². The van der Waals surface area contributed by atoms with Crippen LogP contribution in [0, 0.1) is 0 Å². The summed E-state index contributed by atoms with van der Waals surface area (Å²) in [6.45, 7) is 7.85. The van der Waals surface area contributed by atoms with E-state index in [9.17, 15) is 9.59 Å². The number of nitrogens with zero attached hydrogens (tertiary/aromatic N) is 1. The average Bonchev–Trinajstić information content (AvgIpc) is 2.68. The minimum Gasteiger partial charge on any atom is -0.340 e. The van der Waals surface area contributed by atoms with Gasteiger partial charge in [-0.25, -0.2) is 5.43 Å². The third-order valence-corrected chi connectivity index (χ3v) is 4.22. The van der Waals surface area contributed by atoms with Crippen molar-refractivity contribution in [2.75, 3.05) is 0 Å². The molecule has 5 heteroatoms. The highest BCUT2D eigenvalue weighted by molar-refractivity contribution is 5.97. The highest BCUT2D eigenvalue weighted by Gasteiger charge is 2.15. The Balaban J connectivity index is 1.86. The molecular weight excluding hydrogens is 350 g/mol.